The standard InChI is InChI=1S/C14H20N2O2S/c1-4-19(17,18)16-10-14(2,3)12-9-15-13-8-6-5-7-11(12)13/h5-9,15-16H,4,10H2,1-3H3. The molecule has 0 aliphatic rings. The highest BCUT2D eigenvalue weighted by Gasteiger charge is 2.25. The van der Waals surface area contributed by atoms with E-state index in [2.05, 4.69) is 15.8 Å². The van der Waals surface area contributed by atoms with Crippen molar-refractivity contribution in [2.75, 3.05) is 12.3 Å². The van der Waals surface area contributed by atoms with Crippen LogP contribution in [0.5, 0.6) is 0 Å². The van der Waals surface area contributed by atoms with Gasteiger partial charge < -0.3 is 4.98 Å². The molecule has 19 heavy (non-hydrogen) atoms. The van der Waals surface area contributed by atoms with Crippen molar-refractivity contribution in [1.82, 2.24) is 9.71 Å². The highest BCUT2D eigenvalue weighted by atomic mass is 32.2. The second-order valence-electron chi connectivity index (χ2n) is 5.36. The molecule has 2 N–H and O–H groups in total. The summed E-state index contributed by atoms with van der Waals surface area (Å²) in [4.78, 5) is 3.23. The Morgan fingerprint density at radius 3 is 2.63 bits per heavy atom. The number of aromatic amines is 1. The van der Waals surface area contributed by atoms with E-state index < -0.39 is 10.0 Å². The molecule has 0 atom stereocenters. The summed E-state index contributed by atoms with van der Waals surface area (Å²) in [6.45, 7) is 6.12. The first-order valence-corrected chi connectivity index (χ1v) is 8.05. The van der Waals surface area contributed by atoms with Gasteiger partial charge >= 0.3 is 0 Å². The van der Waals surface area contributed by atoms with E-state index in [0.29, 0.717) is 6.54 Å². The normalized spacial score (nSPS) is 13.0. The van der Waals surface area contributed by atoms with E-state index in [4.69, 9.17) is 0 Å². The van der Waals surface area contributed by atoms with Gasteiger partial charge in [0.05, 0.1) is 5.75 Å². The Bertz CT molecular complexity index is 672. The van der Waals surface area contributed by atoms with Gasteiger partial charge in [-0.25, -0.2) is 13.1 Å². The lowest BCUT2D eigenvalue weighted by atomic mass is 9.85. The van der Waals surface area contributed by atoms with E-state index in [1.54, 1.807) is 6.92 Å². The number of fused-ring (bicyclic) bond motifs is 1. The molecule has 104 valence electrons. The lowest BCUT2D eigenvalue weighted by Crippen LogP contribution is -2.37. The molecule has 5 heteroatoms. The van der Waals surface area contributed by atoms with Crippen molar-refractivity contribution >= 4 is 20.9 Å². The van der Waals surface area contributed by atoms with Crippen LogP contribution in [-0.2, 0) is 15.4 Å². The van der Waals surface area contributed by atoms with Crippen molar-refractivity contribution in [2.45, 2.75) is 26.2 Å². The maximum absolute atomic E-state index is 11.6. The molecule has 0 saturated heterocycles. The lowest BCUT2D eigenvalue weighted by Gasteiger charge is -2.24. The van der Waals surface area contributed by atoms with Crippen molar-refractivity contribution < 1.29 is 8.42 Å². The van der Waals surface area contributed by atoms with Crippen LogP contribution in [0, 0.1) is 0 Å². The van der Waals surface area contributed by atoms with Gasteiger partial charge in [-0.1, -0.05) is 32.0 Å². The zero-order valence-corrected chi connectivity index (χ0v) is 12.3. The number of para-hydroxylation sites is 1. The third-order valence-corrected chi connectivity index (χ3v) is 4.78. The van der Waals surface area contributed by atoms with Gasteiger partial charge in [0.25, 0.3) is 0 Å². The summed E-state index contributed by atoms with van der Waals surface area (Å²) >= 11 is 0. The minimum Gasteiger partial charge on any atom is -0.361 e. The zero-order valence-electron chi connectivity index (χ0n) is 11.5. The molecule has 2 aromatic rings. The van der Waals surface area contributed by atoms with Crippen LogP contribution in [-0.4, -0.2) is 25.7 Å². The molecule has 0 saturated carbocycles. The van der Waals surface area contributed by atoms with Gasteiger partial charge in [0.15, 0.2) is 0 Å². The van der Waals surface area contributed by atoms with Crippen molar-refractivity contribution in [3.05, 3.63) is 36.0 Å². The summed E-state index contributed by atoms with van der Waals surface area (Å²) in [5, 5.41) is 1.14. The first-order chi connectivity index (χ1) is 8.86. The van der Waals surface area contributed by atoms with Gasteiger partial charge in [-0.3, -0.25) is 0 Å². The molecule has 1 aromatic heterocycles. The van der Waals surface area contributed by atoms with Crippen LogP contribution in [0.1, 0.15) is 26.3 Å². The van der Waals surface area contributed by atoms with Crippen LogP contribution in [0.15, 0.2) is 30.5 Å². The van der Waals surface area contributed by atoms with Gasteiger partial charge in [0.1, 0.15) is 0 Å². The molecule has 0 amide bonds. The number of hydrogen-bond acceptors (Lipinski definition) is 2. The topological polar surface area (TPSA) is 62.0 Å². The Kier molecular flexibility index (Phi) is 3.69. The summed E-state index contributed by atoms with van der Waals surface area (Å²) in [6, 6.07) is 8.05. The molecule has 0 fully saturated rings. The highest BCUT2D eigenvalue weighted by molar-refractivity contribution is 7.89. The Labute approximate surface area is 114 Å². The predicted octanol–water partition coefficient (Wildman–Crippen LogP) is 2.38. The number of benzene rings is 1. The zero-order chi connectivity index (χ0) is 14.1. The fraction of sp³-hybridized carbons (Fsp3) is 0.429. The minimum atomic E-state index is -3.16. The minimum absolute atomic E-state index is 0.108. The van der Waals surface area contributed by atoms with Crippen molar-refractivity contribution in [3.63, 3.8) is 0 Å². The molecule has 1 heterocycles. The largest absolute Gasteiger partial charge is 0.361 e. The number of hydrogen-bond donors (Lipinski definition) is 2. The molecule has 1 aromatic carbocycles. The Balaban J connectivity index is 2.29. The van der Waals surface area contributed by atoms with E-state index in [-0.39, 0.29) is 11.2 Å². The maximum Gasteiger partial charge on any atom is 0.211 e. The van der Waals surface area contributed by atoms with Crippen LogP contribution in [0.2, 0.25) is 0 Å². The van der Waals surface area contributed by atoms with Crippen molar-refractivity contribution in [2.24, 2.45) is 0 Å². The van der Waals surface area contributed by atoms with E-state index in [1.165, 1.54) is 0 Å². The number of sulfonamides is 1. The van der Waals surface area contributed by atoms with Crippen LogP contribution in [0.3, 0.4) is 0 Å². The van der Waals surface area contributed by atoms with Gasteiger partial charge in [0, 0.05) is 29.1 Å². The predicted molar refractivity (Wildman–Crippen MR) is 78.8 cm³/mol. The number of rotatable bonds is 5. The fourth-order valence-corrected chi connectivity index (χ4v) is 2.90. The van der Waals surface area contributed by atoms with Crippen LogP contribution in [0.25, 0.3) is 10.9 Å². The lowest BCUT2D eigenvalue weighted by molar-refractivity contribution is 0.505. The molecule has 0 spiro atoms. The summed E-state index contributed by atoms with van der Waals surface area (Å²) in [5.41, 5.74) is 1.94. The van der Waals surface area contributed by atoms with Crippen molar-refractivity contribution in [3.8, 4) is 0 Å². The van der Waals surface area contributed by atoms with Crippen LogP contribution in [0.4, 0.5) is 0 Å². The third-order valence-electron chi connectivity index (χ3n) is 3.43. The van der Waals surface area contributed by atoms with Crippen LogP contribution < -0.4 is 4.72 Å². The Hall–Kier alpha value is -1.33. The molecule has 0 bridgehead atoms. The van der Waals surface area contributed by atoms with E-state index in [9.17, 15) is 8.42 Å². The third kappa shape index (κ3) is 2.98. The van der Waals surface area contributed by atoms with E-state index >= 15 is 0 Å². The second-order valence-corrected chi connectivity index (χ2v) is 7.45. The summed E-state index contributed by atoms with van der Waals surface area (Å²) in [6.07, 6.45) is 1.96. The number of H-pyrrole nitrogens is 1. The van der Waals surface area contributed by atoms with E-state index in [0.717, 1.165) is 16.5 Å². The van der Waals surface area contributed by atoms with Gasteiger partial charge in [-0.05, 0) is 18.6 Å². The summed E-state index contributed by atoms with van der Waals surface area (Å²) in [5.74, 6) is 0.108. The fourth-order valence-electron chi connectivity index (χ4n) is 2.12. The molecule has 0 aliphatic heterocycles. The molecular formula is C14H20N2O2S. The van der Waals surface area contributed by atoms with E-state index in [1.807, 2.05) is 38.2 Å². The van der Waals surface area contributed by atoms with Gasteiger partial charge in [-0.15, -0.1) is 0 Å². The van der Waals surface area contributed by atoms with Crippen LogP contribution >= 0.6 is 0 Å². The molecule has 4 nitrogen and oxygen atoms in total. The molecular weight excluding hydrogens is 260 g/mol. The monoisotopic (exact) mass is 280 g/mol. The molecule has 2 rings (SSSR count). The Morgan fingerprint density at radius 2 is 1.95 bits per heavy atom. The maximum atomic E-state index is 11.6. The Morgan fingerprint density at radius 1 is 1.26 bits per heavy atom. The number of aromatic nitrogens is 1. The average Bonchev–Trinajstić information content (AvgIpc) is 2.81. The van der Waals surface area contributed by atoms with Crippen molar-refractivity contribution in [1.29, 1.82) is 0 Å². The quantitative estimate of drug-likeness (QED) is 0.883. The van der Waals surface area contributed by atoms with Gasteiger partial charge in [-0.2, -0.15) is 0 Å². The highest BCUT2D eigenvalue weighted by Crippen LogP contribution is 2.29. The SMILES string of the molecule is CCS(=O)(=O)NCC(C)(C)c1c[nH]c2ccccc12. The summed E-state index contributed by atoms with van der Waals surface area (Å²) in [7, 11) is -3.16. The second kappa shape index (κ2) is 4.98. The van der Waals surface area contributed by atoms with Gasteiger partial charge in [0.2, 0.25) is 10.0 Å². The smallest absolute Gasteiger partial charge is 0.211 e. The number of nitrogens with one attached hydrogen (secondary N) is 2. The molecule has 0 aliphatic carbocycles. The molecule has 0 unspecified atom stereocenters. The summed E-state index contributed by atoms with van der Waals surface area (Å²) < 4.78 is 25.8. The molecule has 0 radical (unpaired) electrons. The first-order valence-electron chi connectivity index (χ1n) is 6.40. The first kappa shape index (κ1) is 14.1. The average molecular weight is 280 g/mol.